The Morgan fingerprint density at radius 1 is 1.10 bits per heavy atom. The van der Waals surface area contributed by atoms with Crippen molar-refractivity contribution in [3.8, 4) is 0 Å². The van der Waals surface area contributed by atoms with Gasteiger partial charge in [0.1, 0.15) is 6.61 Å². The molecule has 0 aliphatic rings. The van der Waals surface area contributed by atoms with Crippen LogP contribution < -0.4 is 5.73 Å². The molecule has 0 saturated carbocycles. The summed E-state index contributed by atoms with van der Waals surface area (Å²) in [5, 5.41) is 0. The molecule has 0 aliphatic heterocycles. The molecule has 104 valence electrons. The van der Waals surface area contributed by atoms with Gasteiger partial charge in [0.2, 0.25) is 0 Å². The highest BCUT2D eigenvalue weighted by atomic mass is 79.9. The van der Waals surface area contributed by atoms with Crippen LogP contribution in [0, 0.1) is 0 Å². The molecule has 0 fully saturated rings. The van der Waals surface area contributed by atoms with E-state index in [0.29, 0.717) is 12.1 Å². The van der Waals surface area contributed by atoms with Crippen molar-refractivity contribution in [2.45, 2.75) is 13.0 Å². The van der Waals surface area contributed by atoms with E-state index in [0.717, 1.165) is 22.0 Å². The number of benzene rings is 2. The molecule has 0 saturated heterocycles. The molecule has 2 aromatic carbocycles. The third-order valence-corrected chi connectivity index (χ3v) is 3.41. The lowest BCUT2D eigenvalue weighted by atomic mass is 10.1. The summed E-state index contributed by atoms with van der Waals surface area (Å²) in [4.78, 5) is 12.0. The van der Waals surface area contributed by atoms with E-state index in [2.05, 4.69) is 15.9 Å². The average molecular weight is 334 g/mol. The molecule has 2 N–H and O–H groups in total. The van der Waals surface area contributed by atoms with Gasteiger partial charge in [-0.2, -0.15) is 0 Å². The highest BCUT2D eigenvalue weighted by molar-refractivity contribution is 9.10. The number of halogens is 1. The van der Waals surface area contributed by atoms with Crippen LogP contribution in [0.4, 0.5) is 0 Å². The molecule has 0 atom stereocenters. The molecule has 0 aliphatic carbocycles. The molecule has 4 heteroatoms. The summed E-state index contributed by atoms with van der Waals surface area (Å²) in [5.74, 6) is -0.313. The standard InChI is InChI=1S/C16H16BrNO2/c17-15-6-4-13(5-7-15)11-20-16(19)14-3-1-2-12(10-14)8-9-18/h1-7,10H,8-9,11,18H2. The number of nitrogens with two attached hydrogens (primary N) is 1. The second kappa shape index (κ2) is 7.22. The first kappa shape index (κ1) is 14.8. The van der Waals surface area contributed by atoms with Crippen molar-refractivity contribution < 1.29 is 9.53 Å². The van der Waals surface area contributed by atoms with Crippen LogP contribution in [0.5, 0.6) is 0 Å². The molecule has 3 nitrogen and oxygen atoms in total. The molecular weight excluding hydrogens is 318 g/mol. The highest BCUT2D eigenvalue weighted by Crippen LogP contribution is 2.13. The second-order valence-electron chi connectivity index (χ2n) is 4.44. The van der Waals surface area contributed by atoms with Crippen molar-refractivity contribution in [1.29, 1.82) is 0 Å². The molecular formula is C16H16BrNO2. The lowest BCUT2D eigenvalue weighted by Crippen LogP contribution is -2.07. The van der Waals surface area contributed by atoms with Crippen LogP contribution in [0.3, 0.4) is 0 Å². The Kier molecular flexibility index (Phi) is 5.32. The van der Waals surface area contributed by atoms with Crippen molar-refractivity contribution in [3.63, 3.8) is 0 Å². The van der Waals surface area contributed by atoms with Gasteiger partial charge in [-0.1, -0.05) is 40.2 Å². The van der Waals surface area contributed by atoms with Gasteiger partial charge in [0, 0.05) is 4.47 Å². The molecule has 0 unspecified atom stereocenters. The van der Waals surface area contributed by atoms with E-state index in [4.69, 9.17) is 10.5 Å². The van der Waals surface area contributed by atoms with Crippen LogP contribution in [0.25, 0.3) is 0 Å². The summed E-state index contributed by atoms with van der Waals surface area (Å²) < 4.78 is 6.30. The lowest BCUT2D eigenvalue weighted by molar-refractivity contribution is 0.0472. The Morgan fingerprint density at radius 3 is 2.55 bits per heavy atom. The zero-order chi connectivity index (χ0) is 14.4. The lowest BCUT2D eigenvalue weighted by Gasteiger charge is -2.06. The number of rotatable bonds is 5. The van der Waals surface area contributed by atoms with E-state index in [9.17, 15) is 4.79 Å². The average Bonchev–Trinajstić information content (AvgIpc) is 2.47. The van der Waals surface area contributed by atoms with E-state index < -0.39 is 0 Å². The number of carbonyl (C=O) groups is 1. The van der Waals surface area contributed by atoms with Crippen LogP contribution in [0.15, 0.2) is 53.0 Å². The normalized spacial score (nSPS) is 10.3. The predicted molar refractivity (Wildman–Crippen MR) is 82.5 cm³/mol. The fraction of sp³-hybridized carbons (Fsp3) is 0.188. The second-order valence-corrected chi connectivity index (χ2v) is 5.36. The van der Waals surface area contributed by atoms with Gasteiger partial charge in [0.15, 0.2) is 0 Å². The summed E-state index contributed by atoms with van der Waals surface area (Å²) >= 11 is 3.37. The van der Waals surface area contributed by atoms with Crippen molar-refractivity contribution in [2.75, 3.05) is 6.54 Å². The molecule has 0 spiro atoms. The van der Waals surface area contributed by atoms with Gasteiger partial charge >= 0.3 is 5.97 Å². The SMILES string of the molecule is NCCc1cccc(C(=O)OCc2ccc(Br)cc2)c1. The van der Waals surface area contributed by atoms with Crippen LogP contribution in [-0.2, 0) is 17.8 Å². The molecule has 0 heterocycles. The smallest absolute Gasteiger partial charge is 0.338 e. The minimum absolute atomic E-state index is 0.271. The van der Waals surface area contributed by atoms with E-state index >= 15 is 0 Å². The maximum atomic E-state index is 12.0. The summed E-state index contributed by atoms with van der Waals surface area (Å²) in [5.41, 5.74) is 8.08. The Labute approximate surface area is 126 Å². The van der Waals surface area contributed by atoms with E-state index in [1.807, 2.05) is 42.5 Å². The van der Waals surface area contributed by atoms with E-state index in [-0.39, 0.29) is 12.6 Å². The van der Waals surface area contributed by atoms with Crippen molar-refractivity contribution >= 4 is 21.9 Å². The molecule has 20 heavy (non-hydrogen) atoms. The first-order valence-electron chi connectivity index (χ1n) is 6.39. The van der Waals surface area contributed by atoms with Gasteiger partial charge in [-0.25, -0.2) is 4.79 Å². The minimum Gasteiger partial charge on any atom is -0.457 e. The number of hydrogen-bond donors (Lipinski definition) is 1. The van der Waals surface area contributed by atoms with Crippen LogP contribution in [-0.4, -0.2) is 12.5 Å². The van der Waals surface area contributed by atoms with Gasteiger partial charge < -0.3 is 10.5 Å². The minimum atomic E-state index is -0.313. The zero-order valence-corrected chi connectivity index (χ0v) is 12.6. The molecule has 0 aromatic heterocycles. The largest absolute Gasteiger partial charge is 0.457 e. The molecule has 0 bridgehead atoms. The number of ether oxygens (including phenoxy) is 1. The van der Waals surface area contributed by atoms with E-state index in [1.165, 1.54) is 0 Å². The molecule has 0 radical (unpaired) electrons. The van der Waals surface area contributed by atoms with Gasteiger partial charge in [-0.05, 0) is 48.4 Å². The summed E-state index contributed by atoms with van der Waals surface area (Å²) in [6.07, 6.45) is 0.758. The topological polar surface area (TPSA) is 52.3 Å². The third kappa shape index (κ3) is 4.18. The van der Waals surface area contributed by atoms with Crippen LogP contribution in [0.1, 0.15) is 21.5 Å². The first-order valence-corrected chi connectivity index (χ1v) is 7.19. The van der Waals surface area contributed by atoms with Crippen molar-refractivity contribution in [2.24, 2.45) is 5.73 Å². The van der Waals surface area contributed by atoms with Crippen LogP contribution in [0.2, 0.25) is 0 Å². The quantitative estimate of drug-likeness (QED) is 0.854. The fourth-order valence-electron chi connectivity index (χ4n) is 1.83. The highest BCUT2D eigenvalue weighted by Gasteiger charge is 2.08. The molecule has 2 rings (SSSR count). The Hall–Kier alpha value is -1.65. The van der Waals surface area contributed by atoms with Gasteiger partial charge in [0.05, 0.1) is 5.56 Å². The monoisotopic (exact) mass is 333 g/mol. The first-order chi connectivity index (χ1) is 9.69. The Bertz CT molecular complexity index is 581. The number of hydrogen-bond acceptors (Lipinski definition) is 3. The van der Waals surface area contributed by atoms with Gasteiger partial charge in [0.25, 0.3) is 0 Å². The predicted octanol–water partition coefficient (Wildman–Crippen LogP) is 3.31. The number of esters is 1. The van der Waals surface area contributed by atoms with Gasteiger partial charge in [-0.3, -0.25) is 0 Å². The maximum Gasteiger partial charge on any atom is 0.338 e. The Balaban J connectivity index is 1.97. The van der Waals surface area contributed by atoms with Crippen LogP contribution >= 0.6 is 15.9 Å². The third-order valence-electron chi connectivity index (χ3n) is 2.88. The van der Waals surface area contributed by atoms with Crippen molar-refractivity contribution in [1.82, 2.24) is 0 Å². The van der Waals surface area contributed by atoms with Gasteiger partial charge in [-0.15, -0.1) is 0 Å². The Morgan fingerprint density at radius 2 is 1.85 bits per heavy atom. The number of carbonyl (C=O) groups excluding carboxylic acids is 1. The fourth-order valence-corrected chi connectivity index (χ4v) is 2.10. The maximum absolute atomic E-state index is 12.0. The van der Waals surface area contributed by atoms with E-state index in [1.54, 1.807) is 6.07 Å². The summed E-state index contributed by atoms with van der Waals surface area (Å²) in [6, 6.07) is 15.1. The summed E-state index contributed by atoms with van der Waals surface area (Å²) in [7, 11) is 0. The van der Waals surface area contributed by atoms with Crippen molar-refractivity contribution in [3.05, 3.63) is 69.7 Å². The zero-order valence-electron chi connectivity index (χ0n) is 11.0. The summed E-state index contributed by atoms with van der Waals surface area (Å²) in [6.45, 7) is 0.838. The molecule has 0 amide bonds. The molecule has 2 aromatic rings.